The van der Waals surface area contributed by atoms with Gasteiger partial charge >= 0.3 is 0 Å². The minimum absolute atomic E-state index is 0.0224. The molecule has 1 fully saturated rings. The van der Waals surface area contributed by atoms with Gasteiger partial charge in [0.25, 0.3) is 0 Å². The molecule has 8 heteroatoms. The topological polar surface area (TPSA) is 79.7 Å². The Morgan fingerprint density at radius 2 is 1.87 bits per heavy atom. The highest BCUT2D eigenvalue weighted by Crippen LogP contribution is 2.21. The van der Waals surface area contributed by atoms with Gasteiger partial charge in [-0.25, -0.2) is 0 Å². The zero-order chi connectivity index (χ0) is 21.8. The Labute approximate surface area is 183 Å². The van der Waals surface area contributed by atoms with Crippen molar-refractivity contribution in [1.82, 2.24) is 19.6 Å². The second-order valence-corrected chi connectivity index (χ2v) is 8.37. The lowest BCUT2D eigenvalue weighted by atomic mass is 10.1. The fraction of sp³-hybridized carbons (Fsp3) is 0.522. The van der Waals surface area contributed by atoms with Gasteiger partial charge < -0.3 is 15.0 Å². The van der Waals surface area contributed by atoms with E-state index in [0.717, 1.165) is 35.5 Å². The second kappa shape index (κ2) is 9.62. The molecule has 31 heavy (non-hydrogen) atoms. The van der Waals surface area contributed by atoms with Gasteiger partial charge in [0.05, 0.1) is 25.5 Å². The van der Waals surface area contributed by atoms with Crippen LogP contribution in [0.5, 0.6) is 0 Å². The fourth-order valence-corrected chi connectivity index (χ4v) is 4.27. The maximum absolute atomic E-state index is 12.7. The van der Waals surface area contributed by atoms with Crippen molar-refractivity contribution >= 4 is 17.5 Å². The third kappa shape index (κ3) is 5.32. The SMILES string of the molecule is Cc1ccc(NC(=O)CN2CCN(C(=O)CCc3nn(C)c4c3COCC4)CC2)cc1. The summed E-state index contributed by atoms with van der Waals surface area (Å²) in [5.74, 6) is 0.130. The van der Waals surface area contributed by atoms with Gasteiger partial charge in [0.15, 0.2) is 0 Å². The quantitative estimate of drug-likeness (QED) is 0.759. The smallest absolute Gasteiger partial charge is 0.238 e. The highest BCUT2D eigenvalue weighted by molar-refractivity contribution is 5.92. The average Bonchev–Trinajstić information content (AvgIpc) is 3.10. The number of nitrogens with one attached hydrogen (secondary N) is 1. The van der Waals surface area contributed by atoms with Crippen LogP contribution in [0.15, 0.2) is 24.3 Å². The van der Waals surface area contributed by atoms with Crippen molar-refractivity contribution in [3.05, 3.63) is 46.8 Å². The third-order valence-electron chi connectivity index (χ3n) is 6.09. The van der Waals surface area contributed by atoms with Gasteiger partial charge in [-0.05, 0) is 19.1 Å². The number of ether oxygens (including phenoxy) is 1. The van der Waals surface area contributed by atoms with Gasteiger partial charge in [-0.3, -0.25) is 19.2 Å². The van der Waals surface area contributed by atoms with Crippen LogP contribution in [0, 0.1) is 6.92 Å². The van der Waals surface area contributed by atoms with Gasteiger partial charge in [0, 0.05) is 69.4 Å². The minimum atomic E-state index is -0.0224. The van der Waals surface area contributed by atoms with Gasteiger partial charge in [-0.1, -0.05) is 17.7 Å². The molecule has 2 aliphatic rings. The Bertz CT molecular complexity index is 929. The van der Waals surface area contributed by atoms with E-state index >= 15 is 0 Å². The molecule has 1 saturated heterocycles. The normalized spacial score (nSPS) is 16.8. The van der Waals surface area contributed by atoms with E-state index in [9.17, 15) is 9.59 Å². The van der Waals surface area contributed by atoms with Crippen molar-refractivity contribution in [3.63, 3.8) is 0 Å². The maximum Gasteiger partial charge on any atom is 0.238 e. The number of amides is 2. The standard InChI is InChI=1S/C23H31N5O3/c1-17-3-5-18(6-4-17)24-22(29)15-27-10-12-28(13-11-27)23(30)8-7-20-19-16-31-14-9-21(19)26(2)25-20/h3-6H,7-16H2,1-2H3,(H,24,29). The number of hydrogen-bond acceptors (Lipinski definition) is 5. The number of nitrogens with zero attached hydrogens (tertiary/aromatic N) is 4. The van der Waals surface area contributed by atoms with Crippen molar-refractivity contribution in [1.29, 1.82) is 0 Å². The van der Waals surface area contributed by atoms with Gasteiger partial charge in [-0.15, -0.1) is 0 Å². The highest BCUT2D eigenvalue weighted by atomic mass is 16.5. The molecule has 4 rings (SSSR count). The lowest BCUT2D eigenvalue weighted by Crippen LogP contribution is -2.50. The molecule has 0 spiro atoms. The number of rotatable bonds is 6. The molecule has 1 aromatic heterocycles. The predicted molar refractivity (Wildman–Crippen MR) is 118 cm³/mol. The third-order valence-corrected chi connectivity index (χ3v) is 6.09. The van der Waals surface area contributed by atoms with Gasteiger partial charge in [0.1, 0.15) is 0 Å². The Hall–Kier alpha value is -2.71. The molecular weight excluding hydrogens is 394 g/mol. The maximum atomic E-state index is 12.7. The van der Waals surface area contributed by atoms with Crippen molar-refractivity contribution < 1.29 is 14.3 Å². The summed E-state index contributed by atoms with van der Waals surface area (Å²) in [5.41, 5.74) is 5.34. The van der Waals surface area contributed by atoms with Crippen LogP contribution in [0.3, 0.4) is 0 Å². The zero-order valence-electron chi connectivity index (χ0n) is 18.4. The Kier molecular flexibility index (Phi) is 6.67. The first-order valence-corrected chi connectivity index (χ1v) is 11.0. The first kappa shape index (κ1) is 21.5. The summed E-state index contributed by atoms with van der Waals surface area (Å²) < 4.78 is 7.50. The molecule has 2 aromatic rings. The van der Waals surface area contributed by atoms with E-state index in [1.54, 1.807) is 0 Å². The monoisotopic (exact) mass is 425 g/mol. The van der Waals surface area contributed by atoms with Crippen LogP contribution in [0.2, 0.25) is 0 Å². The summed E-state index contributed by atoms with van der Waals surface area (Å²) in [5, 5.41) is 7.54. The van der Waals surface area contributed by atoms with Crippen molar-refractivity contribution in [2.75, 3.05) is 44.6 Å². The van der Waals surface area contributed by atoms with E-state index in [2.05, 4.69) is 15.3 Å². The van der Waals surface area contributed by atoms with Crippen LogP contribution in [0.4, 0.5) is 5.69 Å². The van der Waals surface area contributed by atoms with Crippen LogP contribution >= 0.6 is 0 Å². The fourth-order valence-electron chi connectivity index (χ4n) is 4.27. The molecule has 1 aromatic carbocycles. The number of aryl methyl sites for hydroxylation is 3. The largest absolute Gasteiger partial charge is 0.376 e. The first-order chi connectivity index (χ1) is 15.0. The molecule has 0 saturated carbocycles. The van der Waals surface area contributed by atoms with Crippen molar-refractivity contribution in [2.24, 2.45) is 7.05 Å². The number of fused-ring (bicyclic) bond motifs is 1. The molecule has 0 atom stereocenters. The van der Waals surface area contributed by atoms with Crippen LogP contribution in [0.1, 0.15) is 28.9 Å². The van der Waals surface area contributed by atoms with Crippen molar-refractivity contribution in [2.45, 2.75) is 32.8 Å². The van der Waals surface area contributed by atoms with E-state index in [0.29, 0.717) is 52.2 Å². The molecule has 1 N–H and O–H groups in total. The summed E-state index contributed by atoms with van der Waals surface area (Å²) in [6.07, 6.45) is 1.98. The molecule has 0 unspecified atom stereocenters. The molecular formula is C23H31N5O3. The number of carbonyl (C=O) groups excluding carboxylic acids is 2. The van der Waals surface area contributed by atoms with E-state index < -0.39 is 0 Å². The Morgan fingerprint density at radius 1 is 1.13 bits per heavy atom. The number of piperazine rings is 1. The molecule has 0 radical (unpaired) electrons. The van der Waals surface area contributed by atoms with Crippen LogP contribution in [-0.2, 0) is 40.8 Å². The molecule has 8 nitrogen and oxygen atoms in total. The van der Waals surface area contributed by atoms with Gasteiger partial charge in [0.2, 0.25) is 11.8 Å². The Morgan fingerprint density at radius 3 is 2.61 bits per heavy atom. The first-order valence-electron chi connectivity index (χ1n) is 11.0. The average molecular weight is 426 g/mol. The summed E-state index contributed by atoms with van der Waals surface area (Å²) >= 11 is 0. The van der Waals surface area contributed by atoms with E-state index in [4.69, 9.17) is 4.74 Å². The summed E-state index contributed by atoms with van der Waals surface area (Å²) in [4.78, 5) is 29.0. The number of anilines is 1. The minimum Gasteiger partial charge on any atom is -0.376 e. The predicted octanol–water partition coefficient (Wildman–Crippen LogP) is 1.52. The van der Waals surface area contributed by atoms with Crippen LogP contribution < -0.4 is 5.32 Å². The molecule has 0 aliphatic carbocycles. The number of benzene rings is 1. The molecule has 2 amide bonds. The summed E-state index contributed by atoms with van der Waals surface area (Å²) in [7, 11) is 1.96. The molecule has 0 bridgehead atoms. The second-order valence-electron chi connectivity index (χ2n) is 8.37. The van der Waals surface area contributed by atoms with Crippen molar-refractivity contribution in [3.8, 4) is 0 Å². The van der Waals surface area contributed by atoms with E-state index in [-0.39, 0.29) is 11.8 Å². The lowest BCUT2D eigenvalue weighted by molar-refractivity contribution is -0.133. The molecule has 3 heterocycles. The zero-order valence-corrected chi connectivity index (χ0v) is 18.4. The number of hydrogen-bond donors (Lipinski definition) is 1. The summed E-state index contributed by atoms with van der Waals surface area (Å²) in [6.45, 7) is 6.41. The Balaban J connectivity index is 1.21. The van der Waals surface area contributed by atoms with E-state index in [1.807, 2.05) is 47.8 Å². The van der Waals surface area contributed by atoms with Crippen LogP contribution in [0.25, 0.3) is 0 Å². The van der Waals surface area contributed by atoms with Crippen LogP contribution in [-0.4, -0.2) is 70.7 Å². The summed E-state index contributed by atoms with van der Waals surface area (Å²) in [6, 6.07) is 7.78. The highest BCUT2D eigenvalue weighted by Gasteiger charge is 2.24. The molecule has 166 valence electrons. The van der Waals surface area contributed by atoms with E-state index in [1.165, 1.54) is 5.69 Å². The molecule has 2 aliphatic heterocycles. The van der Waals surface area contributed by atoms with Gasteiger partial charge in [-0.2, -0.15) is 5.10 Å². The lowest BCUT2D eigenvalue weighted by Gasteiger charge is -2.34. The number of aromatic nitrogens is 2. The number of carbonyl (C=O) groups is 2.